The lowest BCUT2D eigenvalue weighted by Crippen LogP contribution is -2.56. The largest absolute Gasteiger partial charge is 0.470 e. The Bertz CT molecular complexity index is 1120. The highest BCUT2D eigenvalue weighted by atomic mass is 19.4. The lowest BCUT2D eigenvalue weighted by atomic mass is 10.0. The van der Waals surface area contributed by atoms with Gasteiger partial charge in [0.2, 0.25) is 5.88 Å². The predicted molar refractivity (Wildman–Crippen MR) is 109 cm³/mol. The maximum Gasteiger partial charge on any atom is 0.433 e. The van der Waals surface area contributed by atoms with Gasteiger partial charge in [-0.05, 0) is 37.2 Å². The second-order valence-electron chi connectivity index (χ2n) is 8.32. The highest BCUT2D eigenvalue weighted by molar-refractivity contribution is 5.54. The molecule has 3 unspecified atom stereocenters. The molecule has 2 saturated heterocycles. The second-order valence-corrected chi connectivity index (χ2v) is 8.32. The number of pyridine rings is 1. The molecule has 8 nitrogen and oxygen atoms in total. The van der Waals surface area contributed by atoms with Gasteiger partial charge < -0.3 is 23.6 Å². The molecule has 0 saturated carbocycles. The van der Waals surface area contributed by atoms with Gasteiger partial charge in [-0.3, -0.25) is 0 Å². The molecule has 0 N–H and O–H groups in total. The van der Waals surface area contributed by atoms with Gasteiger partial charge in [0.05, 0.1) is 13.1 Å². The quantitative estimate of drug-likeness (QED) is 0.577. The van der Waals surface area contributed by atoms with Crippen LogP contribution in [0.3, 0.4) is 0 Å². The summed E-state index contributed by atoms with van der Waals surface area (Å²) < 4.78 is 62.6. The van der Waals surface area contributed by atoms with E-state index in [4.69, 9.17) is 18.7 Å². The van der Waals surface area contributed by atoms with Crippen LogP contribution in [0.15, 0.2) is 53.1 Å². The molecule has 0 aliphatic carbocycles. The SMILES string of the molecule is CC1(C)OC2CN(c3noc(-c4ccccc4)n3)CC(Oc3cccc(C(F)(F)F)n3)C2O1. The Morgan fingerprint density at radius 3 is 2.55 bits per heavy atom. The maximum atomic E-state index is 13.1. The molecule has 1 aromatic carbocycles. The van der Waals surface area contributed by atoms with Crippen LogP contribution in [-0.4, -0.2) is 52.3 Å². The van der Waals surface area contributed by atoms with Crippen molar-refractivity contribution in [3.8, 4) is 17.3 Å². The van der Waals surface area contributed by atoms with Crippen LogP contribution in [-0.2, 0) is 15.7 Å². The van der Waals surface area contributed by atoms with Gasteiger partial charge in [-0.25, -0.2) is 4.98 Å². The average Bonchev–Trinajstić information content (AvgIpc) is 3.38. The molecule has 3 aromatic rings. The first-order valence-electron chi connectivity index (χ1n) is 10.4. The molecule has 33 heavy (non-hydrogen) atoms. The highest BCUT2D eigenvalue weighted by Gasteiger charge is 2.51. The van der Waals surface area contributed by atoms with E-state index in [1.807, 2.05) is 30.3 Å². The van der Waals surface area contributed by atoms with Crippen molar-refractivity contribution in [1.29, 1.82) is 0 Å². The fraction of sp³-hybridized carbons (Fsp3) is 0.409. The summed E-state index contributed by atoms with van der Waals surface area (Å²) in [5.41, 5.74) is -0.257. The van der Waals surface area contributed by atoms with E-state index in [2.05, 4.69) is 15.1 Å². The maximum absolute atomic E-state index is 13.1. The third-order valence-electron chi connectivity index (χ3n) is 5.39. The Balaban J connectivity index is 1.41. The summed E-state index contributed by atoms with van der Waals surface area (Å²) in [6.07, 6.45) is -6.18. The molecular formula is C22H21F3N4O4. The number of anilines is 1. The van der Waals surface area contributed by atoms with Gasteiger partial charge in [0, 0.05) is 11.6 Å². The van der Waals surface area contributed by atoms with Crippen molar-refractivity contribution < 1.29 is 31.9 Å². The van der Waals surface area contributed by atoms with Crippen molar-refractivity contribution in [2.24, 2.45) is 0 Å². The molecule has 0 amide bonds. The van der Waals surface area contributed by atoms with Crippen molar-refractivity contribution in [2.75, 3.05) is 18.0 Å². The number of halogens is 3. The first kappa shape index (κ1) is 21.7. The first-order valence-corrected chi connectivity index (χ1v) is 10.4. The van der Waals surface area contributed by atoms with Crippen molar-refractivity contribution in [2.45, 2.75) is 44.1 Å². The molecule has 0 radical (unpaired) electrons. The fourth-order valence-corrected chi connectivity index (χ4v) is 4.04. The van der Waals surface area contributed by atoms with Crippen LogP contribution < -0.4 is 9.64 Å². The Morgan fingerprint density at radius 1 is 1.00 bits per heavy atom. The van der Waals surface area contributed by atoms with Crippen LogP contribution in [0.1, 0.15) is 19.5 Å². The number of nitrogens with zero attached hydrogens (tertiary/aromatic N) is 4. The van der Waals surface area contributed by atoms with E-state index in [0.29, 0.717) is 18.4 Å². The third kappa shape index (κ3) is 4.51. The van der Waals surface area contributed by atoms with Gasteiger partial charge in [0.1, 0.15) is 24.0 Å². The normalized spacial score (nSPS) is 24.5. The first-order chi connectivity index (χ1) is 15.7. The predicted octanol–water partition coefficient (Wildman–Crippen LogP) is 3.94. The summed E-state index contributed by atoms with van der Waals surface area (Å²) in [5, 5.41) is 4.08. The topological polar surface area (TPSA) is 82.7 Å². The van der Waals surface area contributed by atoms with E-state index >= 15 is 0 Å². The number of alkyl halides is 3. The minimum atomic E-state index is -4.58. The van der Waals surface area contributed by atoms with Crippen LogP contribution in [0.4, 0.5) is 19.1 Å². The number of hydrogen-bond acceptors (Lipinski definition) is 8. The van der Waals surface area contributed by atoms with Crippen LogP contribution in [0.5, 0.6) is 5.88 Å². The number of piperidine rings is 1. The molecule has 2 aliphatic rings. The molecule has 2 aliphatic heterocycles. The second kappa shape index (κ2) is 7.99. The third-order valence-corrected chi connectivity index (χ3v) is 5.39. The number of rotatable bonds is 4. The van der Waals surface area contributed by atoms with Gasteiger partial charge >= 0.3 is 6.18 Å². The van der Waals surface area contributed by atoms with Crippen LogP contribution >= 0.6 is 0 Å². The van der Waals surface area contributed by atoms with E-state index in [-0.39, 0.29) is 12.4 Å². The van der Waals surface area contributed by atoms with E-state index in [9.17, 15) is 13.2 Å². The molecule has 5 rings (SSSR count). The highest BCUT2D eigenvalue weighted by Crippen LogP contribution is 2.36. The van der Waals surface area contributed by atoms with E-state index in [1.165, 1.54) is 12.1 Å². The smallest absolute Gasteiger partial charge is 0.433 e. The van der Waals surface area contributed by atoms with Gasteiger partial charge in [0.25, 0.3) is 11.8 Å². The molecule has 174 valence electrons. The molecule has 3 atom stereocenters. The number of aromatic nitrogens is 3. The molecule has 2 aromatic heterocycles. The number of ether oxygens (including phenoxy) is 3. The van der Waals surface area contributed by atoms with E-state index in [1.54, 1.807) is 18.7 Å². The van der Waals surface area contributed by atoms with Crippen molar-refractivity contribution in [1.82, 2.24) is 15.1 Å². The fourth-order valence-electron chi connectivity index (χ4n) is 4.04. The zero-order valence-electron chi connectivity index (χ0n) is 17.8. The summed E-state index contributed by atoms with van der Waals surface area (Å²) >= 11 is 0. The molecule has 0 spiro atoms. The Kier molecular flexibility index (Phi) is 5.25. The minimum Gasteiger partial charge on any atom is -0.470 e. The molecule has 11 heteroatoms. The van der Waals surface area contributed by atoms with Gasteiger partial charge in [-0.15, -0.1) is 0 Å². The molecule has 4 heterocycles. The zero-order valence-corrected chi connectivity index (χ0v) is 17.8. The molecule has 0 bridgehead atoms. The minimum absolute atomic E-state index is 0.151. The van der Waals surface area contributed by atoms with E-state index < -0.39 is 36.0 Å². The number of fused-ring (bicyclic) bond motifs is 1. The number of hydrogen-bond donors (Lipinski definition) is 0. The summed E-state index contributed by atoms with van der Waals surface area (Å²) in [4.78, 5) is 9.90. The Hall–Kier alpha value is -3.18. The Labute approximate surface area is 187 Å². The summed E-state index contributed by atoms with van der Waals surface area (Å²) in [5.74, 6) is -0.345. The van der Waals surface area contributed by atoms with Crippen LogP contribution in [0.25, 0.3) is 11.5 Å². The van der Waals surface area contributed by atoms with Crippen molar-refractivity contribution in [3.63, 3.8) is 0 Å². The van der Waals surface area contributed by atoms with Crippen LogP contribution in [0.2, 0.25) is 0 Å². The standard InChI is InChI=1S/C22H21F3N4O4/c1-21(2)31-15-12-29(20-27-19(33-28-20)13-7-4-3-5-8-13)11-14(18(15)32-21)30-17-10-6-9-16(26-17)22(23,24)25/h3-10,14-15,18H,11-12H2,1-2H3. The summed E-state index contributed by atoms with van der Waals surface area (Å²) in [6, 6.07) is 12.8. The van der Waals surface area contributed by atoms with Gasteiger partial charge in [-0.2, -0.15) is 18.2 Å². The Morgan fingerprint density at radius 2 is 1.79 bits per heavy atom. The number of benzene rings is 1. The van der Waals surface area contributed by atoms with Gasteiger partial charge in [-0.1, -0.05) is 24.3 Å². The van der Waals surface area contributed by atoms with Crippen molar-refractivity contribution >= 4 is 5.95 Å². The lowest BCUT2D eigenvalue weighted by molar-refractivity contribution is -0.151. The lowest BCUT2D eigenvalue weighted by Gasteiger charge is -2.37. The van der Waals surface area contributed by atoms with Crippen molar-refractivity contribution in [3.05, 3.63) is 54.2 Å². The van der Waals surface area contributed by atoms with Crippen LogP contribution in [0, 0.1) is 0 Å². The molecule has 2 fully saturated rings. The average molecular weight is 462 g/mol. The molecular weight excluding hydrogens is 441 g/mol. The zero-order chi connectivity index (χ0) is 23.2. The monoisotopic (exact) mass is 462 g/mol. The summed E-state index contributed by atoms with van der Waals surface area (Å²) in [7, 11) is 0. The van der Waals surface area contributed by atoms with Gasteiger partial charge in [0.15, 0.2) is 5.79 Å². The summed E-state index contributed by atoms with van der Waals surface area (Å²) in [6.45, 7) is 4.19. The van der Waals surface area contributed by atoms with E-state index in [0.717, 1.165) is 11.6 Å².